The van der Waals surface area contributed by atoms with E-state index in [9.17, 15) is 13.2 Å². The molecule has 1 aromatic carbocycles. The monoisotopic (exact) mass is 274 g/mol. The Labute approximate surface area is 116 Å². The molecule has 108 valence electrons. The van der Waals surface area contributed by atoms with Gasteiger partial charge in [0.05, 0.1) is 6.93 Å². The zero-order chi connectivity index (χ0) is 16.8. The third kappa shape index (κ3) is 4.55. The van der Waals surface area contributed by atoms with Crippen LogP contribution in [0.2, 0.25) is 0 Å². The fraction of sp³-hybridized carbons (Fsp3) is 0.625. The van der Waals surface area contributed by atoms with E-state index in [-0.39, 0.29) is 0 Å². The zero-order valence-electron chi connectivity index (χ0n) is 14.4. The van der Waals surface area contributed by atoms with Crippen molar-refractivity contribution in [2.75, 3.05) is 0 Å². The van der Waals surface area contributed by atoms with Crippen molar-refractivity contribution in [2.24, 2.45) is 5.41 Å². The molecule has 0 aliphatic heterocycles. The van der Waals surface area contributed by atoms with Crippen molar-refractivity contribution in [3.63, 3.8) is 0 Å². The van der Waals surface area contributed by atoms with E-state index in [0.717, 1.165) is 6.07 Å². The Morgan fingerprint density at radius 3 is 1.95 bits per heavy atom. The summed E-state index contributed by atoms with van der Waals surface area (Å²) in [6, 6.07) is 1.79. The van der Waals surface area contributed by atoms with Gasteiger partial charge in [-0.3, -0.25) is 0 Å². The van der Waals surface area contributed by atoms with Gasteiger partial charge in [0.2, 0.25) is 0 Å². The molecule has 0 fully saturated rings. The van der Waals surface area contributed by atoms with E-state index in [1.807, 2.05) is 20.8 Å². The predicted octanol–water partition coefficient (Wildman–Crippen LogP) is 5.59. The Balaban J connectivity index is 3.66. The molecule has 0 saturated carbocycles. The minimum atomic E-state index is -4.55. The van der Waals surface area contributed by atoms with Crippen molar-refractivity contribution in [3.8, 4) is 0 Å². The quantitative estimate of drug-likeness (QED) is 0.626. The highest BCUT2D eigenvalue weighted by atomic mass is 19.4. The molecule has 1 aromatic rings. The molecule has 0 spiro atoms. The van der Waals surface area contributed by atoms with E-state index in [0.29, 0.717) is 11.1 Å². The van der Waals surface area contributed by atoms with Gasteiger partial charge < -0.3 is 0 Å². The molecule has 0 bridgehead atoms. The van der Waals surface area contributed by atoms with Gasteiger partial charge in [-0.2, -0.15) is 13.2 Å². The summed E-state index contributed by atoms with van der Waals surface area (Å²) in [5.41, 5.74) is -1.15. The fourth-order valence-corrected chi connectivity index (χ4v) is 1.88. The lowest BCUT2D eigenvalue weighted by molar-refractivity contribution is -0.137. The molecule has 0 heterocycles. The zero-order valence-corrected chi connectivity index (χ0v) is 12.4. The fourth-order valence-electron chi connectivity index (χ4n) is 1.88. The lowest BCUT2D eigenvalue weighted by atomic mass is 9.78. The number of hydrogen-bond acceptors (Lipinski definition) is 0. The van der Waals surface area contributed by atoms with Crippen molar-refractivity contribution >= 4 is 0 Å². The van der Waals surface area contributed by atoms with Crippen molar-refractivity contribution in [3.05, 3.63) is 34.9 Å². The summed E-state index contributed by atoms with van der Waals surface area (Å²) in [6.45, 7) is 11.0. The molecule has 0 aliphatic carbocycles. The van der Waals surface area contributed by atoms with E-state index in [2.05, 4.69) is 0 Å². The molecular weight excluding hydrogens is 249 g/mol. The van der Waals surface area contributed by atoms with Gasteiger partial charge in [0, 0.05) is 1.37 Å². The maximum Gasteiger partial charge on any atom is 0.416 e. The smallest absolute Gasteiger partial charge is 0.166 e. The standard InChI is InChI=1S/C16H23F3/c1-14(2,3)10-11-7-8-12(16(17,18)19)9-13(11)15(4,5)6/h7-9H,10H2,1-6H3/i9D,10D. The Morgan fingerprint density at radius 2 is 1.58 bits per heavy atom. The summed E-state index contributed by atoms with van der Waals surface area (Å²) in [5.74, 6) is 0. The maximum atomic E-state index is 13.0. The van der Waals surface area contributed by atoms with Crippen molar-refractivity contribution in [1.29, 1.82) is 0 Å². The van der Waals surface area contributed by atoms with Crippen LogP contribution in [0.1, 0.15) is 61.0 Å². The summed E-state index contributed by atoms with van der Waals surface area (Å²) in [7, 11) is 0. The second-order valence-electron chi connectivity index (χ2n) is 6.96. The number of halogens is 3. The average molecular weight is 274 g/mol. The minimum absolute atomic E-state index is 0.312. The Hall–Kier alpha value is -0.990. The summed E-state index contributed by atoms with van der Waals surface area (Å²) >= 11 is 0. The highest BCUT2D eigenvalue weighted by Crippen LogP contribution is 2.36. The van der Waals surface area contributed by atoms with E-state index >= 15 is 0 Å². The van der Waals surface area contributed by atoms with Crippen LogP contribution in [0, 0.1) is 5.41 Å². The average Bonchev–Trinajstić information content (AvgIpc) is 2.22. The third-order valence-corrected chi connectivity index (χ3v) is 2.62. The first-order valence-corrected chi connectivity index (χ1v) is 6.30. The van der Waals surface area contributed by atoms with Gasteiger partial charge in [0.1, 0.15) is 0 Å². The normalized spacial score (nSPS) is 16.9. The van der Waals surface area contributed by atoms with Crippen LogP contribution in [0.25, 0.3) is 0 Å². The summed E-state index contributed by atoms with van der Waals surface area (Å²) < 4.78 is 55.4. The van der Waals surface area contributed by atoms with E-state index in [1.165, 1.54) is 6.07 Å². The van der Waals surface area contributed by atoms with Crippen LogP contribution in [0.3, 0.4) is 0 Å². The second-order valence-corrected chi connectivity index (χ2v) is 6.96. The summed E-state index contributed by atoms with van der Waals surface area (Å²) in [6.07, 6.45) is -5.23. The molecule has 0 amide bonds. The Kier molecular flexibility index (Phi) is 3.32. The van der Waals surface area contributed by atoms with Gasteiger partial charge >= 0.3 is 6.18 Å². The van der Waals surface area contributed by atoms with E-state index < -0.39 is 35.0 Å². The van der Waals surface area contributed by atoms with Crippen molar-refractivity contribution in [2.45, 2.75) is 59.5 Å². The topological polar surface area (TPSA) is 0 Å². The molecular formula is C16H23F3. The molecule has 0 radical (unpaired) electrons. The lowest BCUT2D eigenvalue weighted by Gasteiger charge is -2.28. The Bertz CT molecular complexity index is 520. The van der Waals surface area contributed by atoms with Crippen LogP contribution >= 0.6 is 0 Å². The van der Waals surface area contributed by atoms with Gasteiger partial charge in [-0.25, -0.2) is 0 Å². The highest BCUT2D eigenvalue weighted by molar-refractivity contribution is 5.38. The number of rotatable bonds is 1. The van der Waals surface area contributed by atoms with Crippen LogP contribution in [0.15, 0.2) is 18.2 Å². The van der Waals surface area contributed by atoms with Crippen molar-refractivity contribution in [1.82, 2.24) is 0 Å². The molecule has 0 nitrogen and oxygen atoms in total. The van der Waals surface area contributed by atoms with Gasteiger partial charge in [-0.1, -0.05) is 47.6 Å². The number of alkyl halides is 3. The number of hydrogen-bond donors (Lipinski definition) is 0. The van der Waals surface area contributed by atoms with Gasteiger partial charge in [0.15, 0.2) is 0 Å². The first-order chi connectivity index (χ1) is 9.17. The molecule has 0 aliphatic rings. The largest absolute Gasteiger partial charge is 0.416 e. The molecule has 0 aromatic heterocycles. The van der Waals surface area contributed by atoms with Gasteiger partial charge in [0.25, 0.3) is 0 Å². The molecule has 3 heteroatoms. The first kappa shape index (κ1) is 13.0. The van der Waals surface area contributed by atoms with Crippen LogP contribution in [0.4, 0.5) is 13.2 Å². The van der Waals surface area contributed by atoms with Crippen molar-refractivity contribution < 1.29 is 15.9 Å². The van der Waals surface area contributed by atoms with Gasteiger partial charge in [-0.05, 0) is 40.5 Å². The van der Waals surface area contributed by atoms with Crippen LogP contribution in [-0.2, 0) is 18.0 Å². The SMILES string of the molecule is [2H]c1c(C(F)(F)F)ccc(C([2H])C(C)(C)C)c1C(C)(C)C. The minimum Gasteiger partial charge on any atom is -0.166 e. The van der Waals surface area contributed by atoms with Crippen LogP contribution < -0.4 is 0 Å². The Morgan fingerprint density at radius 1 is 1.05 bits per heavy atom. The molecule has 19 heavy (non-hydrogen) atoms. The lowest BCUT2D eigenvalue weighted by Crippen LogP contribution is -2.20. The van der Waals surface area contributed by atoms with Gasteiger partial charge in [-0.15, -0.1) is 0 Å². The first-order valence-electron chi connectivity index (χ1n) is 7.38. The number of benzene rings is 1. The summed E-state index contributed by atoms with van der Waals surface area (Å²) in [5, 5.41) is 0. The molecule has 0 N–H and O–H groups in total. The van der Waals surface area contributed by atoms with E-state index in [1.54, 1.807) is 20.8 Å². The van der Waals surface area contributed by atoms with E-state index in [4.69, 9.17) is 2.74 Å². The predicted molar refractivity (Wildman–Crippen MR) is 73.3 cm³/mol. The van der Waals surface area contributed by atoms with Crippen LogP contribution in [0.5, 0.6) is 0 Å². The second kappa shape index (κ2) is 4.84. The van der Waals surface area contributed by atoms with Crippen LogP contribution in [-0.4, -0.2) is 0 Å². The molecule has 0 saturated heterocycles. The third-order valence-electron chi connectivity index (χ3n) is 2.62. The maximum absolute atomic E-state index is 13.0. The molecule has 1 atom stereocenters. The molecule has 1 unspecified atom stereocenters. The highest BCUT2D eigenvalue weighted by Gasteiger charge is 2.32. The molecule has 1 rings (SSSR count). The summed E-state index contributed by atoms with van der Waals surface area (Å²) in [4.78, 5) is 0.